The van der Waals surface area contributed by atoms with E-state index >= 15 is 0 Å². The van der Waals surface area contributed by atoms with Crippen LogP contribution in [0, 0.1) is 0 Å². The lowest BCUT2D eigenvalue weighted by atomic mass is 11.0. The lowest BCUT2D eigenvalue weighted by molar-refractivity contribution is 0.605. The van der Waals surface area contributed by atoms with Crippen LogP contribution in [0.15, 0.2) is 12.0 Å². The van der Waals surface area contributed by atoms with Gasteiger partial charge in [0.15, 0.2) is 9.84 Å². The maximum atomic E-state index is 11.0. The van der Waals surface area contributed by atoms with E-state index in [1.807, 2.05) is 0 Å². The molecule has 0 aliphatic heterocycles. The fraction of sp³-hybridized carbons (Fsp3) is 0.714. The van der Waals surface area contributed by atoms with Gasteiger partial charge < -0.3 is 0 Å². The van der Waals surface area contributed by atoms with E-state index < -0.39 is 17.9 Å². The summed E-state index contributed by atoms with van der Waals surface area (Å²) in [5, 5.41) is 1.05. The van der Waals surface area contributed by atoms with E-state index in [1.165, 1.54) is 0 Å². The maximum Gasteiger partial charge on any atom is 0.170 e. The Labute approximate surface area is 70.2 Å². The predicted molar refractivity (Wildman–Crippen MR) is 52.1 cm³/mol. The third-order valence-electron chi connectivity index (χ3n) is 1.39. The molecule has 0 rings (SSSR count). The van der Waals surface area contributed by atoms with Crippen LogP contribution in [0.5, 0.6) is 0 Å². The SMILES string of the molecule is C=CS(=O)(=O)CC[Si](C)(C)C. The molecule has 0 aliphatic carbocycles. The van der Waals surface area contributed by atoms with Crippen LogP contribution in [-0.4, -0.2) is 22.2 Å². The van der Waals surface area contributed by atoms with Crippen LogP contribution in [-0.2, 0) is 9.84 Å². The second-order valence-corrected chi connectivity index (χ2v) is 11.5. The van der Waals surface area contributed by atoms with Gasteiger partial charge in [-0.05, 0) is 6.04 Å². The molecule has 0 amide bonds. The van der Waals surface area contributed by atoms with Crippen LogP contribution in [0.25, 0.3) is 0 Å². The van der Waals surface area contributed by atoms with Gasteiger partial charge in [0.25, 0.3) is 0 Å². The first-order valence-electron chi connectivity index (χ1n) is 3.62. The largest absolute Gasteiger partial charge is 0.224 e. The normalized spacial score (nSPS) is 13.0. The zero-order valence-electron chi connectivity index (χ0n) is 7.42. The first-order chi connectivity index (χ1) is 4.77. The fourth-order valence-electron chi connectivity index (χ4n) is 0.532. The van der Waals surface area contributed by atoms with Gasteiger partial charge >= 0.3 is 0 Å². The van der Waals surface area contributed by atoms with Crippen molar-refractivity contribution in [1.29, 1.82) is 0 Å². The summed E-state index contributed by atoms with van der Waals surface area (Å²) in [5.74, 6) is 0.270. The van der Waals surface area contributed by atoms with Gasteiger partial charge in [0.1, 0.15) is 0 Å². The fourth-order valence-corrected chi connectivity index (χ4v) is 4.29. The summed E-state index contributed by atoms with van der Waals surface area (Å²) in [4.78, 5) is 0. The van der Waals surface area contributed by atoms with E-state index in [0.717, 1.165) is 11.5 Å². The van der Waals surface area contributed by atoms with Crippen molar-refractivity contribution in [3.63, 3.8) is 0 Å². The van der Waals surface area contributed by atoms with Crippen molar-refractivity contribution < 1.29 is 8.42 Å². The van der Waals surface area contributed by atoms with Crippen molar-refractivity contribution in [2.45, 2.75) is 25.7 Å². The van der Waals surface area contributed by atoms with Crippen LogP contribution in [0.4, 0.5) is 0 Å². The lowest BCUT2D eigenvalue weighted by Crippen LogP contribution is -2.23. The van der Waals surface area contributed by atoms with Crippen LogP contribution < -0.4 is 0 Å². The Morgan fingerprint density at radius 3 is 2.09 bits per heavy atom. The topological polar surface area (TPSA) is 34.1 Å². The molecule has 0 saturated heterocycles. The number of rotatable bonds is 4. The van der Waals surface area contributed by atoms with Crippen LogP contribution >= 0.6 is 0 Å². The van der Waals surface area contributed by atoms with Crippen LogP contribution in [0.2, 0.25) is 25.7 Å². The van der Waals surface area contributed by atoms with E-state index in [4.69, 9.17) is 0 Å². The van der Waals surface area contributed by atoms with Gasteiger partial charge in [0.05, 0.1) is 5.75 Å². The molecule has 0 saturated carbocycles. The van der Waals surface area contributed by atoms with Crippen molar-refractivity contribution in [2.75, 3.05) is 5.75 Å². The first kappa shape index (κ1) is 10.9. The molecule has 0 bridgehead atoms. The molecular formula is C7H16O2SSi. The molecule has 0 spiro atoms. The molecule has 0 aromatic carbocycles. The van der Waals surface area contributed by atoms with E-state index in [2.05, 4.69) is 26.2 Å². The molecule has 0 unspecified atom stereocenters. The molecule has 0 N–H and O–H groups in total. The van der Waals surface area contributed by atoms with Crippen molar-refractivity contribution in [3.05, 3.63) is 12.0 Å². The Morgan fingerprint density at radius 1 is 1.36 bits per heavy atom. The Balaban J connectivity index is 4.01. The summed E-state index contributed by atoms with van der Waals surface area (Å²) in [6.45, 7) is 9.74. The molecule has 4 heteroatoms. The average molecular weight is 192 g/mol. The molecule has 2 nitrogen and oxygen atoms in total. The molecule has 66 valence electrons. The minimum atomic E-state index is -2.95. The van der Waals surface area contributed by atoms with Crippen LogP contribution in [0.3, 0.4) is 0 Å². The summed E-state index contributed by atoms with van der Waals surface area (Å²) in [5.41, 5.74) is 0. The number of sulfone groups is 1. The Morgan fingerprint density at radius 2 is 1.82 bits per heavy atom. The van der Waals surface area contributed by atoms with Gasteiger partial charge in [-0.1, -0.05) is 26.2 Å². The van der Waals surface area contributed by atoms with Gasteiger partial charge in [-0.25, -0.2) is 8.42 Å². The average Bonchev–Trinajstić information content (AvgIpc) is 1.83. The highest BCUT2D eigenvalue weighted by Crippen LogP contribution is 2.10. The smallest absolute Gasteiger partial charge is 0.170 e. The quantitative estimate of drug-likeness (QED) is 0.637. The summed E-state index contributed by atoms with van der Waals surface area (Å²) < 4.78 is 21.9. The molecule has 0 atom stereocenters. The zero-order chi connectivity index (χ0) is 9.12. The molecular weight excluding hydrogens is 176 g/mol. The van der Waals surface area contributed by atoms with Crippen molar-refractivity contribution >= 4 is 17.9 Å². The standard InChI is InChI=1S/C7H16O2SSi/c1-5-10(8,9)6-7-11(2,3)4/h5H,1,6-7H2,2-4H3. The Hall–Kier alpha value is -0.0931. The molecule has 0 fully saturated rings. The zero-order valence-corrected chi connectivity index (χ0v) is 9.24. The molecule has 0 aliphatic rings. The minimum absolute atomic E-state index is 0.270. The highest BCUT2D eigenvalue weighted by atomic mass is 32.2. The van der Waals surface area contributed by atoms with Crippen LogP contribution in [0.1, 0.15) is 0 Å². The van der Waals surface area contributed by atoms with E-state index in [0.29, 0.717) is 0 Å². The summed E-state index contributed by atoms with van der Waals surface area (Å²) >= 11 is 0. The molecule has 0 aromatic heterocycles. The predicted octanol–water partition coefficient (Wildman–Crippen LogP) is 1.88. The summed E-state index contributed by atoms with van der Waals surface area (Å²) in [6.07, 6.45) is 0. The van der Waals surface area contributed by atoms with Gasteiger partial charge in [0, 0.05) is 13.5 Å². The second-order valence-electron chi connectivity index (χ2n) is 3.84. The highest BCUT2D eigenvalue weighted by molar-refractivity contribution is 7.94. The van der Waals surface area contributed by atoms with Gasteiger partial charge in [-0.15, -0.1) is 0 Å². The van der Waals surface area contributed by atoms with E-state index in [1.54, 1.807) is 0 Å². The van der Waals surface area contributed by atoms with Crippen molar-refractivity contribution in [1.82, 2.24) is 0 Å². The Kier molecular flexibility index (Phi) is 3.51. The minimum Gasteiger partial charge on any atom is -0.224 e. The molecule has 0 aromatic rings. The maximum absolute atomic E-state index is 11.0. The number of hydrogen-bond acceptors (Lipinski definition) is 2. The van der Waals surface area contributed by atoms with Crippen molar-refractivity contribution in [2.24, 2.45) is 0 Å². The molecule has 0 radical (unpaired) electrons. The Bertz CT molecular complexity index is 223. The lowest BCUT2D eigenvalue weighted by Gasteiger charge is -2.13. The summed E-state index contributed by atoms with van der Waals surface area (Å²) in [6, 6.07) is 0.821. The molecule has 0 heterocycles. The first-order valence-corrected chi connectivity index (χ1v) is 9.04. The number of hydrogen-bond donors (Lipinski definition) is 0. The van der Waals surface area contributed by atoms with Crippen molar-refractivity contribution in [3.8, 4) is 0 Å². The van der Waals surface area contributed by atoms with E-state index in [-0.39, 0.29) is 5.75 Å². The third kappa shape index (κ3) is 6.31. The van der Waals surface area contributed by atoms with E-state index in [9.17, 15) is 8.42 Å². The third-order valence-corrected chi connectivity index (χ3v) is 4.78. The van der Waals surface area contributed by atoms with Gasteiger partial charge in [-0.3, -0.25) is 0 Å². The second kappa shape index (κ2) is 3.54. The van der Waals surface area contributed by atoms with Gasteiger partial charge in [-0.2, -0.15) is 0 Å². The monoisotopic (exact) mass is 192 g/mol. The highest BCUT2D eigenvalue weighted by Gasteiger charge is 2.16. The van der Waals surface area contributed by atoms with Gasteiger partial charge in [0.2, 0.25) is 0 Å². The summed E-state index contributed by atoms with van der Waals surface area (Å²) in [7, 11) is -4.16. The molecule has 11 heavy (non-hydrogen) atoms.